The number of rotatable bonds is 11. The molecule has 1 N–H and O–H groups in total. The van der Waals surface area contributed by atoms with Crippen LogP contribution in [0.25, 0.3) is 0 Å². The molecule has 4 rings (SSSR count). The third-order valence-corrected chi connectivity index (χ3v) is 6.16. The topological polar surface area (TPSA) is 186 Å². The van der Waals surface area contributed by atoms with Crippen molar-refractivity contribution in [3.63, 3.8) is 0 Å². The molecule has 0 saturated carbocycles. The molecule has 0 aliphatic carbocycles. The first-order valence-corrected chi connectivity index (χ1v) is 12.5. The monoisotopic (exact) mass is 579 g/mol. The van der Waals surface area contributed by atoms with Crippen molar-refractivity contribution in [2.24, 2.45) is 0 Å². The zero-order valence-corrected chi connectivity index (χ0v) is 22.4. The van der Waals surface area contributed by atoms with E-state index in [4.69, 9.17) is 18.9 Å². The summed E-state index contributed by atoms with van der Waals surface area (Å²) in [6.45, 7) is 1.38. The van der Waals surface area contributed by atoms with E-state index < -0.39 is 46.2 Å². The van der Waals surface area contributed by atoms with Gasteiger partial charge in [0.25, 0.3) is 11.2 Å². The van der Waals surface area contributed by atoms with Crippen LogP contribution in [0.5, 0.6) is 11.5 Å². The van der Waals surface area contributed by atoms with E-state index in [1.54, 1.807) is 19.1 Å². The Morgan fingerprint density at radius 3 is 2.38 bits per heavy atom. The number of carbonyl (C=O) groups is 3. The van der Waals surface area contributed by atoms with Crippen LogP contribution in [0.15, 0.2) is 70.4 Å². The van der Waals surface area contributed by atoms with Gasteiger partial charge in [-0.05, 0) is 43.3 Å². The summed E-state index contributed by atoms with van der Waals surface area (Å²) in [5, 5.41) is 10.9. The van der Waals surface area contributed by atoms with Gasteiger partial charge in [-0.15, -0.1) is 0 Å². The van der Waals surface area contributed by atoms with E-state index in [2.05, 4.69) is 4.98 Å². The minimum atomic E-state index is -0.787. The summed E-state index contributed by atoms with van der Waals surface area (Å²) in [7, 11) is 1.35. The number of methoxy groups -OCH3 is 1. The molecule has 3 aromatic rings. The van der Waals surface area contributed by atoms with E-state index in [-0.39, 0.29) is 47.8 Å². The van der Waals surface area contributed by atoms with Crippen LogP contribution in [-0.2, 0) is 19.1 Å². The predicted molar refractivity (Wildman–Crippen MR) is 144 cm³/mol. The molecule has 0 fully saturated rings. The average Bonchev–Trinajstić information content (AvgIpc) is 3.45. The number of hydrogen-bond acceptors (Lipinski definition) is 11. The van der Waals surface area contributed by atoms with Crippen LogP contribution in [0.3, 0.4) is 0 Å². The fourth-order valence-corrected chi connectivity index (χ4v) is 3.94. The number of nitrogens with one attached hydrogen (secondary N) is 1. The average molecular weight is 580 g/mol. The summed E-state index contributed by atoms with van der Waals surface area (Å²) in [4.78, 5) is 73.6. The number of hydrogen-bond donors (Lipinski definition) is 1. The van der Waals surface area contributed by atoms with Crippen LogP contribution < -0.4 is 20.7 Å². The third kappa shape index (κ3) is 7.03. The summed E-state index contributed by atoms with van der Waals surface area (Å²) in [6, 6.07) is 9.24. The first kappa shape index (κ1) is 29.6. The second-order valence-electron chi connectivity index (χ2n) is 9.08. The number of aromatic amines is 1. The highest BCUT2D eigenvalue weighted by molar-refractivity contribution is 6.09. The van der Waals surface area contributed by atoms with Gasteiger partial charge in [0.1, 0.15) is 12.7 Å². The molecule has 0 amide bonds. The van der Waals surface area contributed by atoms with Gasteiger partial charge in [-0.1, -0.05) is 6.08 Å². The summed E-state index contributed by atoms with van der Waals surface area (Å²) < 4.78 is 22.6. The van der Waals surface area contributed by atoms with Crippen molar-refractivity contribution in [3.8, 4) is 11.5 Å². The zero-order chi connectivity index (χ0) is 30.4. The molecule has 0 unspecified atom stereocenters. The fraction of sp³-hybridized carbons (Fsp3) is 0.250. The van der Waals surface area contributed by atoms with Crippen molar-refractivity contribution >= 4 is 23.4 Å². The fourth-order valence-electron chi connectivity index (χ4n) is 3.94. The normalized spacial score (nSPS) is 15.7. The summed E-state index contributed by atoms with van der Waals surface area (Å²) in [6.07, 6.45) is 2.49. The van der Waals surface area contributed by atoms with Gasteiger partial charge >= 0.3 is 17.6 Å². The Kier molecular flexibility index (Phi) is 9.07. The number of aryl methyl sites for hydroxylation is 1. The second-order valence-corrected chi connectivity index (χ2v) is 9.08. The lowest BCUT2D eigenvalue weighted by Gasteiger charge is -2.16. The molecule has 14 heteroatoms. The Hall–Kier alpha value is -5.37. The van der Waals surface area contributed by atoms with Gasteiger partial charge in [0.15, 0.2) is 23.5 Å². The molecule has 1 aromatic heterocycles. The van der Waals surface area contributed by atoms with Crippen molar-refractivity contribution in [2.75, 3.05) is 13.7 Å². The standard InChI is InChI=1S/C28H25N3O11/c1-16-14-30(28(36)29-27(16)35)23-10-8-20(41-23)15-40-24(32)11-12-25(33)42-22-13-18(5-9-21(22)39-2)26(34)17-3-6-19(7-4-17)31(37)38/h3-10,13-14,20,23H,11-12,15H2,1-2H3,(H,29,35,36)/t20-,23+/m0/s1. The van der Waals surface area contributed by atoms with Crippen LogP contribution in [0.2, 0.25) is 0 Å². The minimum absolute atomic E-state index is 0.0492. The predicted octanol–water partition coefficient (Wildman–Crippen LogP) is 2.38. The smallest absolute Gasteiger partial charge is 0.330 e. The maximum Gasteiger partial charge on any atom is 0.330 e. The van der Waals surface area contributed by atoms with Gasteiger partial charge in [0.2, 0.25) is 0 Å². The molecule has 2 atom stereocenters. The Balaban J connectivity index is 1.28. The number of H-pyrrole nitrogens is 1. The molecular weight excluding hydrogens is 554 g/mol. The molecule has 0 radical (unpaired) electrons. The van der Waals surface area contributed by atoms with Crippen LogP contribution in [0.4, 0.5) is 5.69 Å². The molecule has 0 saturated heterocycles. The summed E-state index contributed by atoms with van der Waals surface area (Å²) >= 11 is 0. The number of aromatic nitrogens is 2. The number of nitrogens with zero attached hydrogens (tertiary/aromatic N) is 2. The maximum absolute atomic E-state index is 12.8. The molecule has 14 nitrogen and oxygen atoms in total. The van der Waals surface area contributed by atoms with Crippen LogP contribution in [-0.4, -0.2) is 52.0 Å². The zero-order valence-electron chi connectivity index (χ0n) is 22.4. The van der Waals surface area contributed by atoms with Crippen LogP contribution in [0, 0.1) is 17.0 Å². The summed E-state index contributed by atoms with van der Waals surface area (Å²) in [5.41, 5.74) is -0.635. The Morgan fingerprint density at radius 1 is 1.00 bits per heavy atom. The molecule has 2 aromatic carbocycles. The number of ketones is 1. The van der Waals surface area contributed by atoms with Crippen molar-refractivity contribution in [1.82, 2.24) is 9.55 Å². The van der Waals surface area contributed by atoms with E-state index in [0.717, 1.165) is 0 Å². The molecule has 0 bridgehead atoms. The van der Waals surface area contributed by atoms with Crippen molar-refractivity contribution in [3.05, 3.63) is 108 Å². The van der Waals surface area contributed by atoms with Gasteiger partial charge in [0, 0.05) is 35.0 Å². The van der Waals surface area contributed by atoms with Gasteiger partial charge in [-0.3, -0.25) is 38.8 Å². The third-order valence-electron chi connectivity index (χ3n) is 6.16. The number of non-ortho nitro benzene ring substituents is 1. The molecular formula is C28H25N3O11. The quantitative estimate of drug-likeness (QED) is 0.0878. The Morgan fingerprint density at radius 2 is 1.69 bits per heavy atom. The largest absolute Gasteiger partial charge is 0.493 e. The van der Waals surface area contributed by atoms with Crippen molar-refractivity contribution in [1.29, 1.82) is 0 Å². The van der Waals surface area contributed by atoms with E-state index in [9.17, 15) is 34.1 Å². The van der Waals surface area contributed by atoms with E-state index >= 15 is 0 Å². The molecule has 1 aliphatic rings. The number of nitro benzene ring substituents is 1. The Bertz CT molecular complexity index is 1670. The molecule has 2 heterocycles. The lowest BCUT2D eigenvalue weighted by atomic mass is 10.0. The lowest BCUT2D eigenvalue weighted by Crippen LogP contribution is -2.33. The first-order valence-electron chi connectivity index (χ1n) is 12.5. The van der Waals surface area contributed by atoms with E-state index in [0.29, 0.717) is 5.56 Å². The van der Waals surface area contributed by atoms with E-state index in [1.807, 2.05) is 0 Å². The SMILES string of the molecule is COc1ccc(C(=O)c2ccc([N+](=O)[O-])cc2)cc1OC(=O)CCC(=O)OC[C@@H]1C=C[C@H](n2cc(C)c(=O)[nH]c2=O)O1. The number of ether oxygens (including phenoxy) is 4. The van der Waals surface area contributed by atoms with Gasteiger partial charge in [0.05, 0.1) is 24.9 Å². The summed E-state index contributed by atoms with van der Waals surface area (Å²) in [5.74, 6) is -1.82. The van der Waals surface area contributed by atoms with Crippen molar-refractivity contribution < 1.29 is 38.3 Å². The molecule has 218 valence electrons. The minimum Gasteiger partial charge on any atom is -0.493 e. The van der Waals surface area contributed by atoms with Crippen molar-refractivity contribution in [2.45, 2.75) is 32.1 Å². The van der Waals surface area contributed by atoms with Crippen LogP contribution >= 0.6 is 0 Å². The maximum atomic E-state index is 12.8. The first-order chi connectivity index (χ1) is 20.0. The Labute approximate surface area is 237 Å². The number of nitro groups is 1. The number of esters is 2. The second kappa shape index (κ2) is 12.9. The molecule has 42 heavy (non-hydrogen) atoms. The number of benzene rings is 2. The van der Waals surface area contributed by atoms with E-state index in [1.165, 1.54) is 60.3 Å². The molecule has 0 spiro atoms. The number of carbonyl (C=O) groups excluding carboxylic acids is 3. The van der Waals surface area contributed by atoms with Gasteiger partial charge < -0.3 is 18.9 Å². The van der Waals surface area contributed by atoms with Gasteiger partial charge in [-0.25, -0.2) is 4.79 Å². The van der Waals surface area contributed by atoms with Gasteiger partial charge in [-0.2, -0.15) is 0 Å². The highest BCUT2D eigenvalue weighted by atomic mass is 16.6. The van der Waals surface area contributed by atoms with Crippen LogP contribution in [0.1, 0.15) is 40.6 Å². The lowest BCUT2D eigenvalue weighted by molar-refractivity contribution is -0.384. The highest BCUT2D eigenvalue weighted by Gasteiger charge is 2.24. The highest BCUT2D eigenvalue weighted by Crippen LogP contribution is 2.30. The molecule has 1 aliphatic heterocycles.